The van der Waals surface area contributed by atoms with E-state index in [4.69, 9.17) is 0 Å². The minimum absolute atomic E-state index is 0.341. The van der Waals surface area contributed by atoms with Crippen molar-refractivity contribution >= 4 is 0 Å². The summed E-state index contributed by atoms with van der Waals surface area (Å²) in [7, 11) is 0. The molecule has 84 valence electrons. The van der Waals surface area contributed by atoms with Gasteiger partial charge >= 0.3 is 0 Å². The van der Waals surface area contributed by atoms with Crippen molar-refractivity contribution in [2.75, 3.05) is 6.54 Å². The van der Waals surface area contributed by atoms with Crippen molar-refractivity contribution in [1.82, 2.24) is 15.3 Å². The molecular formula is C12H15N3O. The minimum Gasteiger partial charge on any atom is -0.508 e. The molecule has 0 saturated heterocycles. The Balaban J connectivity index is 1.74. The zero-order valence-electron chi connectivity index (χ0n) is 8.98. The fourth-order valence-electron chi connectivity index (χ4n) is 1.52. The zero-order valence-corrected chi connectivity index (χ0v) is 8.98. The molecule has 4 nitrogen and oxygen atoms in total. The Hall–Kier alpha value is -1.81. The number of rotatable bonds is 5. The molecule has 0 spiro atoms. The van der Waals surface area contributed by atoms with E-state index in [1.165, 1.54) is 0 Å². The van der Waals surface area contributed by atoms with Crippen LogP contribution in [0.25, 0.3) is 0 Å². The standard InChI is InChI=1S/C12H15N3O/c16-11-4-2-1-3-10(11)9-13-6-5-12-14-7-8-15-12/h1-4,7-8,13,16H,5-6,9H2,(H,14,15). The van der Waals surface area contributed by atoms with Crippen LogP contribution >= 0.6 is 0 Å². The van der Waals surface area contributed by atoms with Crippen LogP contribution in [0.1, 0.15) is 11.4 Å². The highest BCUT2D eigenvalue weighted by Gasteiger charge is 1.99. The molecule has 3 N–H and O–H groups in total. The lowest BCUT2D eigenvalue weighted by Gasteiger charge is -2.05. The third-order valence-corrected chi connectivity index (χ3v) is 2.40. The van der Waals surface area contributed by atoms with E-state index >= 15 is 0 Å². The van der Waals surface area contributed by atoms with Gasteiger partial charge in [-0.3, -0.25) is 0 Å². The van der Waals surface area contributed by atoms with E-state index < -0.39 is 0 Å². The van der Waals surface area contributed by atoms with Crippen molar-refractivity contribution in [3.63, 3.8) is 0 Å². The molecule has 1 aromatic carbocycles. The molecule has 0 aliphatic heterocycles. The quantitative estimate of drug-likeness (QED) is 0.664. The van der Waals surface area contributed by atoms with Crippen LogP contribution in [0.4, 0.5) is 0 Å². The number of aromatic nitrogens is 2. The van der Waals surface area contributed by atoms with Gasteiger partial charge in [-0.05, 0) is 6.07 Å². The van der Waals surface area contributed by atoms with Crippen molar-refractivity contribution < 1.29 is 5.11 Å². The molecule has 16 heavy (non-hydrogen) atoms. The molecule has 0 saturated carbocycles. The van der Waals surface area contributed by atoms with E-state index in [0.717, 1.165) is 24.4 Å². The number of imidazole rings is 1. The topological polar surface area (TPSA) is 60.9 Å². The second kappa shape index (κ2) is 5.32. The Kier molecular flexibility index (Phi) is 3.56. The second-order valence-corrected chi connectivity index (χ2v) is 3.59. The third kappa shape index (κ3) is 2.84. The fourth-order valence-corrected chi connectivity index (χ4v) is 1.52. The van der Waals surface area contributed by atoms with Gasteiger partial charge < -0.3 is 15.4 Å². The summed E-state index contributed by atoms with van der Waals surface area (Å²) in [6, 6.07) is 7.35. The fraction of sp³-hybridized carbons (Fsp3) is 0.250. The number of phenolic OH excluding ortho intramolecular Hbond substituents is 1. The summed E-state index contributed by atoms with van der Waals surface area (Å²) in [5.74, 6) is 1.32. The minimum atomic E-state index is 0.341. The van der Waals surface area contributed by atoms with E-state index in [0.29, 0.717) is 12.3 Å². The number of hydrogen-bond donors (Lipinski definition) is 3. The normalized spacial score (nSPS) is 10.5. The molecule has 0 bridgehead atoms. The van der Waals surface area contributed by atoms with Crippen LogP contribution in [0, 0.1) is 0 Å². The Bertz CT molecular complexity index is 426. The van der Waals surface area contributed by atoms with Crippen LogP contribution in [0.3, 0.4) is 0 Å². The van der Waals surface area contributed by atoms with Gasteiger partial charge in [-0.25, -0.2) is 4.98 Å². The lowest BCUT2D eigenvalue weighted by Crippen LogP contribution is -2.17. The molecule has 1 heterocycles. The number of nitrogens with zero attached hydrogens (tertiary/aromatic N) is 1. The molecule has 4 heteroatoms. The van der Waals surface area contributed by atoms with Crippen molar-refractivity contribution in [3.05, 3.63) is 48.0 Å². The Morgan fingerprint density at radius 2 is 2.19 bits per heavy atom. The summed E-state index contributed by atoms with van der Waals surface area (Å²) in [6.07, 6.45) is 4.43. The Labute approximate surface area is 94.4 Å². The van der Waals surface area contributed by atoms with Gasteiger partial charge in [0.05, 0.1) is 0 Å². The van der Waals surface area contributed by atoms with Crippen molar-refractivity contribution in [2.24, 2.45) is 0 Å². The van der Waals surface area contributed by atoms with E-state index in [1.54, 1.807) is 12.3 Å². The number of para-hydroxylation sites is 1. The van der Waals surface area contributed by atoms with Gasteiger partial charge in [0.25, 0.3) is 0 Å². The van der Waals surface area contributed by atoms with Gasteiger partial charge in [-0.2, -0.15) is 0 Å². The molecule has 0 fully saturated rings. The van der Waals surface area contributed by atoms with E-state index in [2.05, 4.69) is 15.3 Å². The maximum absolute atomic E-state index is 9.54. The molecule has 1 aromatic heterocycles. The van der Waals surface area contributed by atoms with Crippen molar-refractivity contribution in [1.29, 1.82) is 0 Å². The van der Waals surface area contributed by atoms with Crippen LogP contribution in [0.5, 0.6) is 5.75 Å². The number of H-pyrrole nitrogens is 1. The maximum Gasteiger partial charge on any atom is 0.120 e. The highest BCUT2D eigenvalue weighted by atomic mass is 16.3. The maximum atomic E-state index is 9.54. The monoisotopic (exact) mass is 217 g/mol. The molecule has 0 atom stereocenters. The van der Waals surface area contributed by atoms with Crippen LogP contribution in [0.2, 0.25) is 0 Å². The van der Waals surface area contributed by atoms with E-state index in [1.807, 2.05) is 24.4 Å². The van der Waals surface area contributed by atoms with Crippen molar-refractivity contribution in [3.8, 4) is 5.75 Å². The molecule has 0 unspecified atom stereocenters. The first-order chi connectivity index (χ1) is 7.86. The van der Waals surface area contributed by atoms with Crippen LogP contribution < -0.4 is 5.32 Å². The van der Waals surface area contributed by atoms with Crippen LogP contribution in [-0.2, 0) is 13.0 Å². The SMILES string of the molecule is Oc1ccccc1CNCCc1ncc[nH]1. The highest BCUT2D eigenvalue weighted by molar-refractivity contribution is 5.31. The van der Waals surface area contributed by atoms with Gasteiger partial charge in [-0.1, -0.05) is 18.2 Å². The van der Waals surface area contributed by atoms with Gasteiger partial charge in [0.1, 0.15) is 11.6 Å². The molecule has 0 amide bonds. The average Bonchev–Trinajstić information content (AvgIpc) is 2.79. The van der Waals surface area contributed by atoms with Gasteiger partial charge in [0.2, 0.25) is 0 Å². The molecular weight excluding hydrogens is 202 g/mol. The number of nitrogens with one attached hydrogen (secondary N) is 2. The number of phenols is 1. The molecule has 0 aliphatic carbocycles. The molecule has 2 aromatic rings. The molecule has 0 aliphatic rings. The molecule has 2 rings (SSSR count). The lowest BCUT2D eigenvalue weighted by molar-refractivity contribution is 0.464. The summed E-state index contributed by atoms with van der Waals surface area (Å²) in [5.41, 5.74) is 0.918. The van der Waals surface area contributed by atoms with E-state index in [9.17, 15) is 5.11 Å². The Morgan fingerprint density at radius 1 is 1.31 bits per heavy atom. The van der Waals surface area contributed by atoms with Crippen LogP contribution in [-0.4, -0.2) is 21.6 Å². The Morgan fingerprint density at radius 3 is 2.94 bits per heavy atom. The van der Waals surface area contributed by atoms with E-state index in [-0.39, 0.29) is 0 Å². The second-order valence-electron chi connectivity index (χ2n) is 3.59. The summed E-state index contributed by atoms with van der Waals surface area (Å²) >= 11 is 0. The highest BCUT2D eigenvalue weighted by Crippen LogP contribution is 2.14. The van der Waals surface area contributed by atoms with Gasteiger partial charge in [-0.15, -0.1) is 0 Å². The first kappa shape index (κ1) is 10.7. The summed E-state index contributed by atoms with van der Waals surface area (Å²) in [4.78, 5) is 7.18. The third-order valence-electron chi connectivity index (χ3n) is 2.40. The first-order valence-electron chi connectivity index (χ1n) is 5.32. The number of aromatic hydroxyl groups is 1. The number of hydrogen-bond acceptors (Lipinski definition) is 3. The average molecular weight is 217 g/mol. The number of benzene rings is 1. The number of aromatic amines is 1. The van der Waals surface area contributed by atoms with Gasteiger partial charge in [0.15, 0.2) is 0 Å². The van der Waals surface area contributed by atoms with Crippen LogP contribution in [0.15, 0.2) is 36.7 Å². The summed E-state index contributed by atoms with van der Waals surface area (Å²) < 4.78 is 0. The lowest BCUT2D eigenvalue weighted by atomic mass is 10.2. The first-order valence-corrected chi connectivity index (χ1v) is 5.32. The summed E-state index contributed by atoms with van der Waals surface area (Å²) in [6.45, 7) is 1.51. The van der Waals surface area contributed by atoms with Gasteiger partial charge in [0, 0.05) is 37.5 Å². The predicted molar refractivity (Wildman–Crippen MR) is 62.1 cm³/mol. The molecule has 0 radical (unpaired) electrons. The largest absolute Gasteiger partial charge is 0.508 e. The van der Waals surface area contributed by atoms with Crippen molar-refractivity contribution in [2.45, 2.75) is 13.0 Å². The smallest absolute Gasteiger partial charge is 0.120 e. The predicted octanol–water partition coefficient (Wildman–Crippen LogP) is 1.45. The summed E-state index contributed by atoms with van der Waals surface area (Å²) in [5, 5.41) is 12.8. The zero-order chi connectivity index (χ0) is 11.2.